The first-order chi connectivity index (χ1) is 15.2. The highest BCUT2D eigenvalue weighted by Gasteiger charge is 2.44. The molecule has 0 saturated carbocycles. The second-order valence-electron chi connectivity index (χ2n) is 7.23. The Bertz CT molecular complexity index is 1190. The van der Waals surface area contributed by atoms with Crippen molar-refractivity contribution in [1.82, 2.24) is 9.62 Å². The van der Waals surface area contributed by atoms with Gasteiger partial charge in [0.25, 0.3) is 5.91 Å². The largest absolute Gasteiger partial charge is 0.350 e. The number of hydrogen-bond donors (Lipinski definition) is 1. The molecule has 0 bridgehead atoms. The van der Waals surface area contributed by atoms with Crippen LogP contribution in [0.25, 0.3) is 11.1 Å². The highest BCUT2D eigenvalue weighted by Crippen LogP contribution is 2.37. The van der Waals surface area contributed by atoms with Gasteiger partial charge in [0.2, 0.25) is 10.0 Å². The van der Waals surface area contributed by atoms with Gasteiger partial charge in [-0.05, 0) is 24.3 Å². The van der Waals surface area contributed by atoms with Gasteiger partial charge in [0, 0.05) is 59.2 Å². The second kappa shape index (κ2) is 10.1. The van der Waals surface area contributed by atoms with Crippen LogP contribution in [0.5, 0.6) is 0 Å². The van der Waals surface area contributed by atoms with Crippen molar-refractivity contribution in [2.75, 3.05) is 19.6 Å². The quantitative estimate of drug-likeness (QED) is 0.548. The smallest absolute Gasteiger partial charge is 0.258 e. The maximum absolute atomic E-state index is 15.1. The summed E-state index contributed by atoms with van der Waals surface area (Å²) in [6.45, 7) is -0.253. The van der Waals surface area contributed by atoms with E-state index in [0.717, 1.165) is 0 Å². The number of benzene rings is 2. The van der Waals surface area contributed by atoms with E-state index >= 15 is 4.39 Å². The third-order valence-corrected chi connectivity index (χ3v) is 8.00. The van der Waals surface area contributed by atoms with Gasteiger partial charge in [0.05, 0.1) is 11.0 Å². The normalized spacial score (nSPS) is 16.6. The van der Waals surface area contributed by atoms with Gasteiger partial charge in [-0.3, -0.25) is 4.79 Å². The number of nitrogens with zero attached hydrogens (tertiary/aromatic N) is 2. The number of hydrogen-bond acceptors (Lipinski definition) is 4. The van der Waals surface area contributed by atoms with Crippen LogP contribution in [0.15, 0.2) is 64.0 Å². The number of carbonyl (C=O) groups is 1. The van der Waals surface area contributed by atoms with Gasteiger partial charge < -0.3 is 5.32 Å². The predicted octanol–water partition coefficient (Wildman–Crippen LogP) is 4.46. The van der Waals surface area contributed by atoms with E-state index in [-0.39, 0.29) is 37.4 Å². The number of allylic oxidation sites excluding steroid dienone is 1. The molecule has 2 aromatic carbocycles. The van der Waals surface area contributed by atoms with Crippen molar-refractivity contribution in [3.8, 4) is 17.2 Å². The van der Waals surface area contributed by atoms with Crippen LogP contribution in [0.1, 0.15) is 12.8 Å². The molecule has 1 aliphatic rings. The van der Waals surface area contributed by atoms with Gasteiger partial charge >= 0.3 is 0 Å². The van der Waals surface area contributed by atoms with E-state index in [4.69, 9.17) is 16.9 Å². The van der Waals surface area contributed by atoms with Crippen LogP contribution in [0, 0.1) is 11.3 Å². The fraction of sp³-hybridized carbons (Fsp3) is 0.273. The topological polar surface area (TPSA) is 90.3 Å². The van der Waals surface area contributed by atoms with Gasteiger partial charge in [0.15, 0.2) is 5.67 Å². The van der Waals surface area contributed by atoms with E-state index in [1.807, 2.05) is 0 Å². The van der Waals surface area contributed by atoms with Gasteiger partial charge in [-0.25, -0.2) is 12.8 Å². The van der Waals surface area contributed by atoms with Crippen molar-refractivity contribution in [2.45, 2.75) is 23.4 Å². The summed E-state index contributed by atoms with van der Waals surface area (Å²) in [4.78, 5) is 12.3. The summed E-state index contributed by atoms with van der Waals surface area (Å²) in [5, 5.41) is 11.3. The first-order valence-corrected chi connectivity index (χ1v) is 12.4. The Balaban J connectivity index is 1.83. The highest BCUT2D eigenvalue weighted by molar-refractivity contribution is 9.10. The lowest BCUT2D eigenvalue weighted by molar-refractivity contribution is -0.135. The van der Waals surface area contributed by atoms with Gasteiger partial charge in [-0.2, -0.15) is 9.57 Å². The molecule has 0 aliphatic carbocycles. The van der Waals surface area contributed by atoms with Crippen molar-refractivity contribution < 1.29 is 17.6 Å². The number of sulfonamides is 1. The SMILES string of the molecule is N#C/C=C\CNC(=O)C1(F)CCN(S(=O)(=O)c2ccc(Br)cc2-c2ccccc2Cl)CC1. The fourth-order valence-corrected chi connectivity index (χ4v) is 5.71. The summed E-state index contributed by atoms with van der Waals surface area (Å²) in [7, 11) is -3.97. The first-order valence-electron chi connectivity index (χ1n) is 9.75. The van der Waals surface area contributed by atoms with Crippen molar-refractivity contribution in [1.29, 1.82) is 5.26 Å². The monoisotopic (exact) mass is 539 g/mol. The number of amides is 1. The zero-order chi connectivity index (χ0) is 23.4. The maximum atomic E-state index is 15.1. The molecule has 0 radical (unpaired) electrons. The summed E-state index contributed by atoms with van der Waals surface area (Å²) >= 11 is 9.69. The molecule has 6 nitrogen and oxygen atoms in total. The molecule has 1 aliphatic heterocycles. The minimum absolute atomic E-state index is 0.0279. The molecule has 2 aromatic rings. The van der Waals surface area contributed by atoms with E-state index in [9.17, 15) is 13.2 Å². The molecule has 0 unspecified atom stereocenters. The number of piperidine rings is 1. The first kappa shape index (κ1) is 24.4. The summed E-state index contributed by atoms with van der Waals surface area (Å²) in [5.74, 6) is -0.808. The number of carbonyl (C=O) groups excluding carboxylic acids is 1. The maximum Gasteiger partial charge on any atom is 0.258 e. The van der Waals surface area contributed by atoms with Crippen molar-refractivity contribution in [2.24, 2.45) is 0 Å². The van der Waals surface area contributed by atoms with Crippen LogP contribution in [0.3, 0.4) is 0 Å². The minimum atomic E-state index is -3.97. The van der Waals surface area contributed by atoms with Crippen molar-refractivity contribution in [3.63, 3.8) is 0 Å². The summed E-state index contributed by atoms with van der Waals surface area (Å²) < 4.78 is 43.9. The lowest BCUT2D eigenvalue weighted by Gasteiger charge is -2.35. The van der Waals surface area contributed by atoms with E-state index < -0.39 is 21.6 Å². The van der Waals surface area contributed by atoms with Crippen LogP contribution in [0.4, 0.5) is 4.39 Å². The Morgan fingerprint density at radius 1 is 1.25 bits per heavy atom. The molecule has 0 atom stereocenters. The highest BCUT2D eigenvalue weighted by atomic mass is 79.9. The molecule has 10 heteroatoms. The fourth-order valence-electron chi connectivity index (χ4n) is 3.49. The Kier molecular flexibility index (Phi) is 7.72. The zero-order valence-corrected chi connectivity index (χ0v) is 20.1. The second-order valence-corrected chi connectivity index (χ2v) is 10.5. The zero-order valence-electron chi connectivity index (χ0n) is 16.9. The number of nitriles is 1. The lowest BCUT2D eigenvalue weighted by atomic mass is 9.93. The average Bonchev–Trinajstić information content (AvgIpc) is 2.77. The molecule has 3 rings (SSSR count). The van der Waals surface area contributed by atoms with Crippen LogP contribution >= 0.6 is 27.5 Å². The summed E-state index contributed by atoms with van der Waals surface area (Å²) in [5.41, 5.74) is -1.17. The van der Waals surface area contributed by atoms with Crippen LogP contribution in [-0.4, -0.2) is 43.9 Å². The van der Waals surface area contributed by atoms with Crippen LogP contribution in [0.2, 0.25) is 5.02 Å². The molecule has 1 amide bonds. The van der Waals surface area contributed by atoms with E-state index in [0.29, 0.717) is 20.6 Å². The van der Waals surface area contributed by atoms with Crippen LogP contribution < -0.4 is 5.32 Å². The average molecular weight is 541 g/mol. The van der Waals surface area contributed by atoms with Crippen molar-refractivity contribution >= 4 is 43.5 Å². The van der Waals surface area contributed by atoms with Gasteiger partial charge in [-0.15, -0.1) is 0 Å². The minimum Gasteiger partial charge on any atom is -0.350 e. The van der Waals surface area contributed by atoms with Crippen molar-refractivity contribution in [3.05, 3.63) is 64.1 Å². The molecule has 168 valence electrons. The number of alkyl halides is 1. The summed E-state index contributed by atoms with van der Waals surface area (Å²) in [6, 6.07) is 13.5. The van der Waals surface area contributed by atoms with Gasteiger partial charge in [-0.1, -0.05) is 51.8 Å². The third kappa shape index (κ3) is 5.21. The molecular formula is C22H20BrClFN3O3S. The molecule has 1 saturated heterocycles. The molecular weight excluding hydrogens is 521 g/mol. The predicted molar refractivity (Wildman–Crippen MR) is 124 cm³/mol. The Morgan fingerprint density at radius 2 is 1.94 bits per heavy atom. The van der Waals surface area contributed by atoms with Gasteiger partial charge in [0.1, 0.15) is 0 Å². The standard InChI is InChI=1S/C22H20BrClFN3O3S/c23-16-7-8-20(18(15-16)17-5-1-2-6-19(17)24)32(30,31)28-13-9-22(25,10-14-28)21(29)27-12-4-3-11-26/h1-8,15H,9-10,12-14H2,(H,27,29)/b4-3-. The number of nitrogens with one attached hydrogen (secondary N) is 1. The summed E-state index contributed by atoms with van der Waals surface area (Å²) in [6.07, 6.45) is 2.07. The molecule has 32 heavy (non-hydrogen) atoms. The van der Waals surface area contributed by atoms with E-state index in [1.165, 1.54) is 22.5 Å². The molecule has 1 heterocycles. The number of rotatable bonds is 6. The Hall–Kier alpha value is -2.25. The molecule has 0 spiro atoms. The van der Waals surface area contributed by atoms with E-state index in [2.05, 4.69) is 21.2 Å². The third-order valence-electron chi connectivity index (χ3n) is 5.22. The molecule has 1 N–H and O–H groups in total. The van der Waals surface area contributed by atoms with E-state index in [1.54, 1.807) is 42.5 Å². The number of halogens is 3. The lowest BCUT2D eigenvalue weighted by Crippen LogP contribution is -2.52. The Morgan fingerprint density at radius 3 is 2.59 bits per heavy atom. The Labute approximate surface area is 199 Å². The molecule has 1 fully saturated rings. The molecule has 0 aromatic heterocycles. The van der Waals surface area contributed by atoms with Crippen LogP contribution in [-0.2, 0) is 14.8 Å².